The van der Waals surface area contributed by atoms with Crippen molar-refractivity contribution in [3.05, 3.63) is 42.1 Å². The van der Waals surface area contributed by atoms with Crippen molar-refractivity contribution in [2.45, 2.75) is 19.8 Å². The number of amides is 2. The normalized spacial score (nSPS) is 15.8. The Labute approximate surface area is 130 Å². The van der Waals surface area contributed by atoms with Gasteiger partial charge in [0.1, 0.15) is 0 Å². The number of piperidine rings is 1. The van der Waals surface area contributed by atoms with Gasteiger partial charge in [0.25, 0.3) is 0 Å². The number of carbonyl (C=O) groups excluding carboxylic acids is 2. The van der Waals surface area contributed by atoms with Crippen LogP contribution in [0.3, 0.4) is 0 Å². The van der Waals surface area contributed by atoms with Crippen molar-refractivity contribution in [1.82, 2.24) is 10.2 Å². The monoisotopic (exact) mass is 302 g/mol. The number of nitrogens with one attached hydrogen (secondary N) is 1. The van der Waals surface area contributed by atoms with E-state index < -0.39 is 0 Å². The molecule has 1 fully saturated rings. The van der Waals surface area contributed by atoms with Crippen molar-refractivity contribution in [2.75, 3.05) is 19.7 Å². The van der Waals surface area contributed by atoms with Crippen molar-refractivity contribution >= 4 is 18.1 Å². The average Bonchev–Trinajstić information content (AvgIpc) is 2.56. The zero-order valence-electron chi connectivity index (χ0n) is 12.8. The number of benzene rings is 1. The first-order chi connectivity index (χ1) is 10.7. The van der Waals surface area contributed by atoms with E-state index in [0.717, 1.165) is 5.56 Å². The van der Waals surface area contributed by atoms with Gasteiger partial charge in [-0.1, -0.05) is 30.3 Å². The second-order valence-corrected chi connectivity index (χ2v) is 5.21. The minimum atomic E-state index is -0.147. The van der Waals surface area contributed by atoms with Crippen LogP contribution in [0.25, 0.3) is 6.08 Å². The van der Waals surface area contributed by atoms with E-state index in [1.165, 1.54) is 0 Å². The molecule has 0 bridgehead atoms. The fraction of sp³-hybridized carbons (Fsp3) is 0.412. The molecule has 0 spiro atoms. The van der Waals surface area contributed by atoms with Crippen LogP contribution in [0.5, 0.6) is 0 Å². The highest BCUT2D eigenvalue weighted by molar-refractivity contribution is 5.77. The molecule has 22 heavy (non-hydrogen) atoms. The van der Waals surface area contributed by atoms with Gasteiger partial charge in [-0.25, -0.2) is 4.79 Å². The SMILES string of the molecule is CCOC(=O)C1CCN(C(=O)N/C=C/c2ccccc2)CC1. The van der Waals surface area contributed by atoms with Crippen LogP contribution in [-0.2, 0) is 9.53 Å². The van der Waals surface area contributed by atoms with Crippen LogP contribution in [0.15, 0.2) is 36.5 Å². The van der Waals surface area contributed by atoms with E-state index in [1.54, 1.807) is 18.0 Å². The number of likely N-dealkylation sites (tertiary alicyclic amines) is 1. The van der Waals surface area contributed by atoms with Crippen LogP contribution < -0.4 is 5.32 Å². The first-order valence-electron chi connectivity index (χ1n) is 7.64. The van der Waals surface area contributed by atoms with Gasteiger partial charge in [0, 0.05) is 19.3 Å². The molecule has 0 unspecified atom stereocenters. The van der Waals surface area contributed by atoms with Gasteiger partial charge >= 0.3 is 12.0 Å². The highest BCUT2D eigenvalue weighted by Crippen LogP contribution is 2.18. The van der Waals surface area contributed by atoms with E-state index >= 15 is 0 Å². The van der Waals surface area contributed by atoms with Crippen molar-refractivity contribution < 1.29 is 14.3 Å². The van der Waals surface area contributed by atoms with E-state index in [1.807, 2.05) is 36.4 Å². The average molecular weight is 302 g/mol. The number of ether oxygens (including phenoxy) is 1. The Morgan fingerprint density at radius 1 is 1.27 bits per heavy atom. The van der Waals surface area contributed by atoms with Crippen molar-refractivity contribution in [3.63, 3.8) is 0 Å². The summed E-state index contributed by atoms with van der Waals surface area (Å²) in [4.78, 5) is 25.4. The van der Waals surface area contributed by atoms with E-state index in [-0.39, 0.29) is 17.9 Å². The fourth-order valence-electron chi connectivity index (χ4n) is 2.44. The summed E-state index contributed by atoms with van der Waals surface area (Å²) in [5.74, 6) is -0.226. The first-order valence-corrected chi connectivity index (χ1v) is 7.64. The molecule has 2 amide bonds. The van der Waals surface area contributed by atoms with Crippen LogP contribution in [0.4, 0.5) is 4.79 Å². The molecule has 0 saturated carbocycles. The van der Waals surface area contributed by atoms with Gasteiger partial charge in [-0.05, 0) is 31.4 Å². The lowest BCUT2D eigenvalue weighted by atomic mass is 9.97. The predicted molar refractivity (Wildman–Crippen MR) is 84.9 cm³/mol. The van der Waals surface area contributed by atoms with Gasteiger partial charge in [-0.3, -0.25) is 4.79 Å². The standard InChI is InChI=1S/C17H22N2O3/c1-2-22-16(20)15-9-12-19(13-10-15)17(21)18-11-8-14-6-4-3-5-7-14/h3-8,11,15H,2,9-10,12-13H2,1H3,(H,18,21)/b11-8+. The molecule has 0 atom stereocenters. The highest BCUT2D eigenvalue weighted by Gasteiger charge is 2.27. The lowest BCUT2D eigenvalue weighted by Crippen LogP contribution is -2.44. The van der Waals surface area contributed by atoms with Gasteiger partial charge in [0.2, 0.25) is 0 Å². The van der Waals surface area contributed by atoms with E-state index in [2.05, 4.69) is 5.32 Å². The number of esters is 1. The zero-order chi connectivity index (χ0) is 15.8. The number of urea groups is 1. The number of nitrogens with zero attached hydrogens (tertiary/aromatic N) is 1. The summed E-state index contributed by atoms with van der Waals surface area (Å²) in [6.07, 6.45) is 4.82. The maximum atomic E-state index is 12.0. The zero-order valence-corrected chi connectivity index (χ0v) is 12.8. The lowest BCUT2D eigenvalue weighted by molar-refractivity contribution is -0.149. The quantitative estimate of drug-likeness (QED) is 0.870. The smallest absolute Gasteiger partial charge is 0.321 e. The third-order valence-corrected chi connectivity index (χ3v) is 3.68. The highest BCUT2D eigenvalue weighted by atomic mass is 16.5. The number of hydrogen-bond acceptors (Lipinski definition) is 3. The Kier molecular flexibility index (Phi) is 6.01. The Bertz CT molecular complexity index is 520. The van der Waals surface area contributed by atoms with Gasteiger partial charge in [0.15, 0.2) is 0 Å². The molecule has 0 aliphatic carbocycles. The Hall–Kier alpha value is -2.30. The molecule has 118 valence electrons. The van der Waals surface area contributed by atoms with Gasteiger partial charge in [-0.2, -0.15) is 0 Å². The van der Waals surface area contributed by atoms with Gasteiger partial charge in [-0.15, -0.1) is 0 Å². The Morgan fingerprint density at radius 3 is 2.59 bits per heavy atom. The molecule has 5 nitrogen and oxygen atoms in total. The topological polar surface area (TPSA) is 58.6 Å². The summed E-state index contributed by atoms with van der Waals surface area (Å²) in [5, 5.41) is 2.76. The molecule has 0 radical (unpaired) electrons. The molecule has 1 aromatic rings. The fourth-order valence-corrected chi connectivity index (χ4v) is 2.44. The van der Waals surface area contributed by atoms with E-state index in [9.17, 15) is 9.59 Å². The van der Waals surface area contributed by atoms with Crippen molar-refractivity contribution in [3.8, 4) is 0 Å². The predicted octanol–water partition coefficient (Wildman–Crippen LogP) is 2.64. The summed E-state index contributed by atoms with van der Waals surface area (Å²) in [6, 6.07) is 9.64. The van der Waals surface area contributed by atoms with Crippen molar-refractivity contribution in [1.29, 1.82) is 0 Å². The Morgan fingerprint density at radius 2 is 1.95 bits per heavy atom. The molecule has 1 aromatic carbocycles. The second kappa shape index (κ2) is 8.22. The minimum Gasteiger partial charge on any atom is -0.466 e. The van der Waals surface area contributed by atoms with E-state index in [0.29, 0.717) is 32.5 Å². The first kappa shape index (κ1) is 16.1. The van der Waals surface area contributed by atoms with Gasteiger partial charge in [0.05, 0.1) is 12.5 Å². The van der Waals surface area contributed by atoms with Crippen LogP contribution in [0.1, 0.15) is 25.3 Å². The lowest BCUT2D eigenvalue weighted by Gasteiger charge is -2.30. The van der Waals surface area contributed by atoms with Crippen LogP contribution in [-0.4, -0.2) is 36.6 Å². The summed E-state index contributed by atoms with van der Waals surface area (Å²) in [7, 11) is 0. The summed E-state index contributed by atoms with van der Waals surface area (Å²) in [5.41, 5.74) is 1.03. The second-order valence-electron chi connectivity index (χ2n) is 5.21. The molecule has 1 aliphatic heterocycles. The molecule has 1 N–H and O–H groups in total. The van der Waals surface area contributed by atoms with Gasteiger partial charge < -0.3 is 15.0 Å². The molecule has 1 saturated heterocycles. The molecule has 5 heteroatoms. The maximum absolute atomic E-state index is 12.0. The number of hydrogen-bond donors (Lipinski definition) is 1. The third kappa shape index (κ3) is 4.62. The summed E-state index contributed by atoms with van der Waals surface area (Å²) >= 11 is 0. The molecule has 1 aliphatic rings. The van der Waals surface area contributed by atoms with E-state index in [4.69, 9.17) is 4.74 Å². The summed E-state index contributed by atoms with van der Waals surface area (Å²) < 4.78 is 5.02. The van der Waals surface area contributed by atoms with Crippen LogP contribution >= 0.6 is 0 Å². The molecule has 1 heterocycles. The molecule has 2 rings (SSSR count). The molecular weight excluding hydrogens is 280 g/mol. The number of rotatable bonds is 4. The summed E-state index contributed by atoms with van der Waals surface area (Å²) in [6.45, 7) is 3.37. The number of carbonyl (C=O) groups is 2. The molecule has 0 aromatic heterocycles. The van der Waals surface area contributed by atoms with Crippen molar-refractivity contribution in [2.24, 2.45) is 5.92 Å². The minimum absolute atomic E-state index is 0.0798. The largest absolute Gasteiger partial charge is 0.466 e. The third-order valence-electron chi connectivity index (χ3n) is 3.68. The molecular formula is C17H22N2O3. The van der Waals surface area contributed by atoms with Crippen LogP contribution in [0.2, 0.25) is 0 Å². The Balaban J connectivity index is 1.75. The van der Waals surface area contributed by atoms with Crippen LogP contribution in [0, 0.1) is 5.92 Å². The maximum Gasteiger partial charge on any atom is 0.321 e.